The quantitative estimate of drug-likeness (QED) is 0.810. The third-order valence-corrected chi connectivity index (χ3v) is 3.80. The van der Waals surface area contributed by atoms with Gasteiger partial charge in [-0.05, 0) is 43.7 Å². The van der Waals surface area contributed by atoms with Crippen LogP contribution in [-0.2, 0) is 0 Å². The van der Waals surface area contributed by atoms with Gasteiger partial charge in [-0.15, -0.1) is 0 Å². The third kappa shape index (κ3) is 6.06. The molecule has 4 nitrogen and oxygen atoms in total. The molecule has 0 spiro atoms. The summed E-state index contributed by atoms with van der Waals surface area (Å²) in [4.78, 5) is 14.0. The first-order valence-electron chi connectivity index (χ1n) is 8.06. The van der Waals surface area contributed by atoms with Gasteiger partial charge in [0, 0.05) is 13.6 Å². The average Bonchev–Trinajstić information content (AvgIpc) is 2.43. The van der Waals surface area contributed by atoms with Gasteiger partial charge in [-0.2, -0.15) is 0 Å². The second kappa shape index (κ2) is 8.79. The fraction of sp³-hybridized carbons (Fsp3) is 0.611. The number of carbonyl (C=O) groups is 1. The number of carbonyl (C=O) groups excluding carboxylic acids is 1. The van der Waals surface area contributed by atoms with Crippen LogP contribution < -0.4 is 5.32 Å². The third-order valence-electron chi connectivity index (χ3n) is 3.80. The molecule has 2 atom stereocenters. The zero-order chi connectivity index (χ0) is 16.7. The number of aliphatic hydroxyl groups excluding tert-OH is 1. The van der Waals surface area contributed by atoms with Crippen LogP contribution in [0.2, 0.25) is 0 Å². The van der Waals surface area contributed by atoms with Crippen molar-refractivity contribution in [2.75, 3.05) is 13.6 Å². The summed E-state index contributed by atoms with van der Waals surface area (Å²) in [6.07, 6.45) is 1.10. The van der Waals surface area contributed by atoms with Gasteiger partial charge in [-0.3, -0.25) is 0 Å². The van der Waals surface area contributed by atoms with Gasteiger partial charge in [0.15, 0.2) is 0 Å². The van der Waals surface area contributed by atoms with Gasteiger partial charge in [0.2, 0.25) is 0 Å². The Bertz CT molecular complexity index is 472. The van der Waals surface area contributed by atoms with Crippen molar-refractivity contribution in [2.45, 2.75) is 52.7 Å². The van der Waals surface area contributed by atoms with Gasteiger partial charge in [-0.25, -0.2) is 4.79 Å². The summed E-state index contributed by atoms with van der Waals surface area (Å²) in [5, 5.41) is 12.5. The van der Waals surface area contributed by atoms with Crippen molar-refractivity contribution in [1.29, 1.82) is 0 Å². The van der Waals surface area contributed by atoms with Gasteiger partial charge in [0.05, 0.1) is 12.1 Å². The first kappa shape index (κ1) is 18.5. The summed E-state index contributed by atoms with van der Waals surface area (Å²) in [6.45, 7) is 8.68. The minimum absolute atomic E-state index is 0.0164. The Kier molecular flexibility index (Phi) is 7.39. The molecular weight excluding hydrogens is 276 g/mol. The predicted molar refractivity (Wildman–Crippen MR) is 90.8 cm³/mol. The standard InChI is InChI=1S/C18H30N2O2/c1-13(2)12-17(16-9-7-6-8-14(16)3)19-18(22)20(5)11-10-15(4)21/h6-9,13,15,17,21H,10-12H2,1-5H3,(H,19,22). The lowest BCUT2D eigenvalue weighted by Gasteiger charge is -2.26. The van der Waals surface area contributed by atoms with Gasteiger partial charge in [0.1, 0.15) is 0 Å². The normalized spacial score (nSPS) is 13.8. The molecule has 0 saturated heterocycles. The molecule has 2 unspecified atom stereocenters. The van der Waals surface area contributed by atoms with Gasteiger partial charge in [0.25, 0.3) is 0 Å². The van der Waals surface area contributed by atoms with Crippen LogP contribution in [0.25, 0.3) is 0 Å². The molecule has 2 N–H and O–H groups in total. The number of hydrogen-bond donors (Lipinski definition) is 2. The molecule has 4 heteroatoms. The summed E-state index contributed by atoms with van der Waals surface area (Å²) in [7, 11) is 1.77. The van der Waals surface area contributed by atoms with Crippen molar-refractivity contribution in [1.82, 2.24) is 10.2 Å². The number of nitrogens with one attached hydrogen (secondary N) is 1. The van der Waals surface area contributed by atoms with Gasteiger partial charge < -0.3 is 15.3 Å². The van der Waals surface area contributed by atoms with Crippen LogP contribution in [0.3, 0.4) is 0 Å². The number of benzene rings is 1. The van der Waals surface area contributed by atoms with Crippen LogP contribution in [0.5, 0.6) is 0 Å². The first-order valence-corrected chi connectivity index (χ1v) is 8.06. The molecule has 124 valence electrons. The Balaban J connectivity index is 2.77. The van der Waals surface area contributed by atoms with Crippen LogP contribution in [-0.4, -0.2) is 35.7 Å². The maximum atomic E-state index is 12.4. The molecule has 0 bridgehead atoms. The lowest BCUT2D eigenvalue weighted by molar-refractivity contribution is 0.162. The van der Waals surface area contributed by atoms with Crippen LogP contribution in [0, 0.1) is 12.8 Å². The monoisotopic (exact) mass is 306 g/mol. The molecule has 1 rings (SSSR count). The number of aryl methyl sites for hydroxylation is 1. The fourth-order valence-corrected chi connectivity index (χ4v) is 2.45. The number of urea groups is 1. The number of rotatable bonds is 7. The number of nitrogens with zero attached hydrogens (tertiary/aromatic N) is 1. The van der Waals surface area contributed by atoms with E-state index in [1.54, 1.807) is 18.9 Å². The van der Waals surface area contributed by atoms with Crippen LogP contribution in [0.4, 0.5) is 4.79 Å². The molecule has 0 radical (unpaired) electrons. The number of aliphatic hydroxyl groups is 1. The molecule has 0 saturated carbocycles. The molecule has 0 aliphatic rings. The zero-order valence-electron chi connectivity index (χ0n) is 14.5. The maximum absolute atomic E-state index is 12.4. The summed E-state index contributed by atoms with van der Waals surface area (Å²) < 4.78 is 0. The van der Waals surface area contributed by atoms with E-state index < -0.39 is 6.10 Å². The average molecular weight is 306 g/mol. The second-order valence-electron chi connectivity index (χ2n) is 6.55. The van der Waals surface area contributed by atoms with E-state index in [0.29, 0.717) is 18.9 Å². The van der Waals surface area contributed by atoms with E-state index in [4.69, 9.17) is 0 Å². The van der Waals surface area contributed by atoms with E-state index in [2.05, 4.69) is 38.2 Å². The zero-order valence-corrected chi connectivity index (χ0v) is 14.5. The highest BCUT2D eigenvalue weighted by Crippen LogP contribution is 2.24. The Morgan fingerprint density at radius 2 is 1.91 bits per heavy atom. The SMILES string of the molecule is Cc1ccccc1C(CC(C)C)NC(=O)N(C)CCC(C)O. The fourth-order valence-electron chi connectivity index (χ4n) is 2.45. The van der Waals surface area contributed by atoms with Crippen molar-refractivity contribution in [3.8, 4) is 0 Å². The highest BCUT2D eigenvalue weighted by Gasteiger charge is 2.19. The Hall–Kier alpha value is -1.55. The molecule has 0 aliphatic carbocycles. The summed E-state index contributed by atoms with van der Waals surface area (Å²) in [5.74, 6) is 0.493. The molecule has 22 heavy (non-hydrogen) atoms. The Morgan fingerprint density at radius 1 is 1.27 bits per heavy atom. The smallest absolute Gasteiger partial charge is 0.317 e. The number of hydrogen-bond acceptors (Lipinski definition) is 2. The van der Waals surface area contributed by atoms with Crippen LogP contribution >= 0.6 is 0 Å². The topological polar surface area (TPSA) is 52.6 Å². The molecule has 1 aromatic rings. The summed E-state index contributed by atoms with van der Waals surface area (Å²) in [6, 6.07) is 8.11. The van der Waals surface area contributed by atoms with Crippen LogP contribution in [0.15, 0.2) is 24.3 Å². The minimum atomic E-state index is -0.391. The summed E-state index contributed by atoms with van der Waals surface area (Å²) >= 11 is 0. The Labute approximate surface area is 134 Å². The maximum Gasteiger partial charge on any atom is 0.317 e. The molecule has 1 aromatic carbocycles. The van der Waals surface area contributed by atoms with Crippen LogP contribution in [0.1, 0.15) is 50.8 Å². The van der Waals surface area contributed by atoms with Crippen molar-refractivity contribution in [2.24, 2.45) is 5.92 Å². The second-order valence-corrected chi connectivity index (χ2v) is 6.55. The van der Waals surface area contributed by atoms with E-state index >= 15 is 0 Å². The highest BCUT2D eigenvalue weighted by atomic mass is 16.3. The van der Waals surface area contributed by atoms with E-state index in [-0.39, 0.29) is 12.1 Å². The molecule has 0 aliphatic heterocycles. The highest BCUT2D eigenvalue weighted by molar-refractivity contribution is 5.74. The predicted octanol–water partition coefficient (Wildman–Crippen LogP) is 3.49. The van der Waals surface area contributed by atoms with Gasteiger partial charge >= 0.3 is 6.03 Å². The lowest BCUT2D eigenvalue weighted by Crippen LogP contribution is -2.41. The van der Waals surface area contributed by atoms with E-state index in [9.17, 15) is 9.90 Å². The minimum Gasteiger partial charge on any atom is -0.393 e. The van der Waals surface area contributed by atoms with Gasteiger partial charge in [-0.1, -0.05) is 38.1 Å². The van der Waals surface area contributed by atoms with Crippen molar-refractivity contribution >= 4 is 6.03 Å². The Morgan fingerprint density at radius 3 is 2.45 bits per heavy atom. The van der Waals surface area contributed by atoms with E-state index in [1.165, 1.54) is 11.1 Å². The van der Waals surface area contributed by atoms with E-state index in [0.717, 1.165) is 6.42 Å². The van der Waals surface area contributed by atoms with E-state index in [1.807, 2.05) is 12.1 Å². The molecule has 2 amide bonds. The molecule has 0 aromatic heterocycles. The molecule has 0 heterocycles. The lowest BCUT2D eigenvalue weighted by atomic mass is 9.94. The van der Waals surface area contributed by atoms with Crippen molar-refractivity contribution in [3.63, 3.8) is 0 Å². The van der Waals surface area contributed by atoms with Crippen molar-refractivity contribution in [3.05, 3.63) is 35.4 Å². The largest absolute Gasteiger partial charge is 0.393 e. The summed E-state index contributed by atoms with van der Waals surface area (Å²) in [5.41, 5.74) is 2.37. The van der Waals surface area contributed by atoms with Crippen molar-refractivity contribution < 1.29 is 9.90 Å². The molecular formula is C18H30N2O2. The molecule has 0 fully saturated rings. The number of amides is 2. The first-order chi connectivity index (χ1) is 10.3.